The van der Waals surface area contributed by atoms with Crippen molar-refractivity contribution in [2.45, 2.75) is 59.3 Å². The maximum Gasteiger partial charge on any atom is 0.234 e. The first-order valence-electron chi connectivity index (χ1n) is 12.4. The number of hydrogen-bond donors (Lipinski definition) is 1. The van der Waals surface area contributed by atoms with Gasteiger partial charge in [-0.05, 0) is 19.3 Å². The highest BCUT2D eigenvalue weighted by molar-refractivity contribution is 5.58. The van der Waals surface area contributed by atoms with Crippen LogP contribution in [0.5, 0.6) is 0 Å². The summed E-state index contributed by atoms with van der Waals surface area (Å²) in [5.41, 5.74) is 0.857. The molecule has 1 N–H and O–H groups in total. The summed E-state index contributed by atoms with van der Waals surface area (Å²) in [7, 11) is 0. The van der Waals surface area contributed by atoms with E-state index in [0.717, 1.165) is 44.1 Å². The topological polar surface area (TPSA) is 93.1 Å². The molecule has 1 aromatic heterocycles. The molecule has 0 saturated carbocycles. The highest BCUT2D eigenvalue weighted by Gasteiger charge is 2.18. The van der Waals surface area contributed by atoms with Gasteiger partial charge in [0, 0.05) is 25.4 Å². The van der Waals surface area contributed by atoms with Crippen LogP contribution < -0.4 is 9.80 Å². The van der Waals surface area contributed by atoms with Crippen molar-refractivity contribution in [3.05, 3.63) is 30.3 Å². The molecule has 0 fully saturated rings. The summed E-state index contributed by atoms with van der Waals surface area (Å²) in [6.07, 6.45) is 6.08. The molecule has 2 aromatic rings. The second-order valence-corrected chi connectivity index (χ2v) is 8.02. The summed E-state index contributed by atoms with van der Waals surface area (Å²) in [4.78, 5) is 17.5. The Labute approximate surface area is 204 Å². The molecule has 0 spiro atoms. The second kappa shape index (κ2) is 17.2. The van der Waals surface area contributed by atoms with Crippen LogP contribution in [0.2, 0.25) is 0 Å². The molecular weight excluding hydrogens is 434 g/mol. The van der Waals surface area contributed by atoms with E-state index >= 15 is 0 Å². The zero-order valence-electron chi connectivity index (χ0n) is 21.0. The minimum absolute atomic E-state index is 0.189. The number of nitrogens with zero attached hydrogens (tertiary/aromatic N) is 5. The van der Waals surface area contributed by atoms with E-state index < -0.39 is 0 Å². The van der Waals surface area contributed by atoms with E-state index in [9.17, 15) is 5.11 Å². The molecule has 9 nitrogen and oxygen atoms in total. The molecule has 1 aromatic carbocycles. The van der Waals surface area contributed by atoms with Crippen molar-refractivity contribution in [3.63, 3.8) is 0 Å². The van der Waals surface area contributed by atoms with E-state index in [-0.39, 0.29) is 13.5 Å². The quantitative estimate of drug-likeness (QED) is 0.234. The lowest BCUT2D eigenvalue weighted by Crippen LogP contribution is -2.34. The number of ether oxygens (including phenoxy) is 3. The Kier molecular flexibility index (Phi) is 14.1. The van der Waals surface area contributed by atoms with Crippen molar-refractivity contribution < 1.29 is 19.3 Å². The van der Waals surface area contributed by atoms with Gasteiger partial charge in [-0.15, -0.1) is 0 Å². The first-order chi connectivity index (χ1) is 16.7. The molecule has 1 heterocycles. The Morgan fingerprint density at radius 3 is 1.62 bits per heavy atom. The van der Waals surface area contributed by atoms with Crippen molar-refractivity contribution in [1.29, 1.82) is 0 Å². The Bertz CT molecular complexity index is 769. The average molecular weight is 476 g/mol. The van der Waals surface area contributed by atoms with E-state index in [2.05, 4.69) is 30.7 Å². The van der Waals surface area contributed by atoms with Crippen LogP contribution >= 0.6 is 0 Å². The highest BCUT2D eigenvalue weighted by Crippen LogP contribution is 2.21. The second-order valence-electron chi connectivity index (χ2n) is 8.02. The molecular formula is C25H41N5O4. The molecule has 0 unspecified atom stereocenters. The number of unbranched alkanes of at least 4 members (excludes halogenated alkanes) is 3. The van der Waals surface area contributed by atoms with Gasteiger partial charge in [0.15, 0.2) is 5.82 Å². The SMILES string of the molecule is CCCCOCN(CO)c1nc(-c2ccccc2)nc(N(COCCCC)COCCCC)n1. The molecule has 0 atom stereocenters. The summed E-state index contributed by atoms with van der Waals surface area (Å²) in [5.74, 6) is 1.29. The lowest BCUT2D eigenvalue weighted by molar-refractivity contribution is 0.0811. The molecule has 2 rings (SSSR count). The van der Waals surface area contributed by atoms with Crippen LogP contribution in [-0.2, 0) is 14.2 Å². The van der Waals surface area contributed by atoms with E-state index in [1.807, 2.05) is 35.2 Å². The molecule has 0 aliphatic carbocycles. The van der Waals surface area contributed by atoms with Crippen molar-refractivity contribution in [3.8, 4) is 11.4 Å². The Morgan fingerprint density at radius 1 is 0.676 bits per heavy atom. The van der Waals surface area contributed by atoms with E-state index in [1.165, 1.54) is 0 Å². The minimum Gasteiger partial charge on any atom is -0.376 e. The van der Waals surface area contributed by atoms with Crippen LogP contribution in [0.1, 0.15) is 59.3 Å². The maximum atomic E-state index is 10.0. The summed E-state index contributed by atoms with van der Waals surface area (Å²) in [6, 6.07) is 9.72. The van der Waals surface area contributed by atoms with Gasteiger partial charge in [-0.2, -0.15) is 15.0 Å². The van der Waals surface area contributed by atoms with Gasteiger partial charge in [-0.1, -0.05) is 70.4 Å². The molecule has 9 heteroatoms. The third-order valence-electron chi connectivity index (χ3n) is 5.05. The molecule has 0 bridgehead atoms. The molecule has 190 valence electrons. The van der Waals surface area contributed by atoms with Crippen molar-refractivity contribution >= 4 is 11.9 Å². The molecule has 0 saturated heterocycles. The third-order valence-corrected chi connectivity index (χ3v) is 5.05. The lowest BCUT2D eigenvalue weighted by atomic mass is 10.2. The molecule has 34 heavy (non-hydrogen) atoms. The summed E-state index contributed by atoms with van der Waals surface area (Å²) in [5, 5.41) is 10.0. The number of aliphatic hydroxyl groups excluding tert-OH is 1. The standard InChI is InChI=1S/C25H41N5O4/c1-4-7-15-32-19-29(18-31)24-26-23(22-13-11-10-12-14-22)27-25(28-24)30(20-33-16-8-5-2)21-34-17-9-6-3/h10-14,31H,4-9,15-21H2,1-3H3. The number of aliphatic hydroxyl groups is 1. The van der Waals surface area contributed by atoms with Crippen LogP contribution in [-0.4, -0.2) is 66.8 Å². The van der Waals surface area contributed by atoms with Gasteiger partial charge in [-0.25, -0.2) is 0 Å². The monoisotopic (exact) mass is 475 g/mol. The first kappa shape index (κ1) is 27.9. The zero-order valence-corrected chi connectivity index (χ0v) is 21.0. The van der Waals surface area contributed by atoms with Crippen molar-refractivity contribution in [2.75, 3.05) is 56.5 Å². The van der Waals surface area contributed by atoms with Crippen LogP contribution in [0.3, 0.4) is 0 Å². The van der Waals surface area contributed by atoms with Crippen LogP contribution in [0, 0.1) is 0 Å². The normalized spacial score (nSPS) is 11.1. The lowest BCUT2D eigenvalue weighted by Gasteiger charge is -2.25. The molecule has 0 radical (unpaired) electrons. The number of anilines is 2. The summed E-state index contributed by atoms with van der Waals surface area (Å²) in [6.45, 7) is 8.80. The molecule has 0 aliphatic rings. The number of aromatic nitrogens is 3. The van der Waals surface area contributed by atoms with E-state index in [1.54, 1.807) is 4.90 Å². The number of benzene rings is 1. The summed E-state index contributed by atoms with van der Waals surface area (Å²) >= 11 is 0. The van der Waals surface area contributed by atoms with Gasteiger partial charge in [0.05, 0.1) is 0 Å². The Morgan fingerprint density at radius 2 is 1.15 bits per heavy atom. The fourth-order valence-corrected chi connectivity index (χ4v) is 2.93. The maximum absolute atomic E-state index is 10.0. The van der Waals surface area contributed by atoms with Crippen molar-refractivity contribution in [1.82, 2.24) is 15.0 Å². The number of hydrogen-bond acceptors (Lipinski definition) is 9. The number of rotatable bonds is 19. The minimum atomic E-state index is -0.274. The predicted molar refractivity (Wildman–Crippen MR) is 134 cm³/mol. The van der Waals surface area contributed by atoms with Gasteiger partial charge in [-0.3, -0.25) is 9.80 Å². The predicted octanol–water partition coefficient (Wildman–Crippen LogP) is 4.42. The van der Waals surface area contributed by atoms with E-state index in [0.29, 0.717) is 51.0 Å². The zero-order chi connectivity index (χ0) is 24.4. The fraction of sp³-hybridized carbons (Fsp3) is 0.640. The van der Waals surface area contributed by atoms with Crippen molar-refractivity contribution in [2.24, 2.45) is 0 Å². The van der Waals surface area contributed by atoms with Gasteiger partial charge in [0.2, 0.25) is 11.9 Å². The fourth-order valence-electron chi connectivity index (χ4n) is 2.93. The first-order valence-corrected chi connectivity index (χ1v) is 12.4. The smallest absolute Gasteiger partial charge is 0.234 e. The van der Waals surface area contributed by atoms with E-state index in [4.69, 9.17) is 19.2 Å². The Hall–Kier alpha value is -2.33. The average Bonchev–Trinajstić information content (AvgIpc) is 2.88. The van der Waals surface area contributed by atoms with Crippen LogP contribution in [0.15, 0.2) is 30.3 Å². The van der Waals surface area contributed by atoms with Crippen LogP contribution in [0.4, 0.5) is 11.9 Å². The largest absolute Gasteiger partial charge is 0.376 e. The third kappa shape index (κ3) is 9.89. The Balaban J connectivity index is 2.32. The molecule has 0 aliphatic heterocycles. The molecule has 0 amide bonds. The van der Waals surface area contributed by atoms with Gasteiger partial charge < -0.3 is 19.3 Å². The summed E-state index contributed by atoms with van der Waals surface area (Å²) < 4.78 is 17.5. The van der Waals surface area contributed by atoms with Crippen LogP contribution in [0.25, 0.3) is 11.4 Å². The van der Waals surface area contributed by atoms with Gasteiger partial charge >= 0.3 is 0 Å². The highest BCUT2D eigenvalue weighted by atomic mass is 16.5. The van der Waals surface area contributed by atoms with Gasteiger partial charge in [0.25, 0.3) is 0 Å². The van der Waals surface area contributed by atoms with Gasteiger partial charge in [0.1, 0.15) is 26.9 Å².